The summed E-state index contributed by atoms with van der Waals surface area (Å²) in [6.45, 7) is 12.0. The molecule has 0 radical (unpaired) electrons. The predicted octanol–water partition coefficient (Wildman–Crippen LogP) is 3.61. The molecule has 0 saturated heterocycles. The molecule has 0 heterocycles. The lowest BCUT2D eigenvalue weighted by Crippen LogP contribution is -2.31. The molecule has 0 amide bonds. The number of nitrogens with one attached hydrogen (secondary N) is 1. The summed E-state index contributed by atoms with van der Waals surface area (Å²) in [5.74, 6) is 0.783. The van der Waals surface area contributed by atoms with E-state index in [9.17, 15) is 0 Å². The van der Waals surface area contributed by atoms with Crippen molar-refractivity contribution in [1.29, 1.82) is 0 Å². The zero-order valence-corrected chi connectivity index (χ0v) is 11.7. The second-order valence-electron chi connectivity index (χ2n) is 5.04. The molecule has 2 nitrogen and oxygen atoms in total. The third-order valence-electron chi connectivity index (χ3n) is 2.63. The van der Waals surface area contributed by atoms with Crippen LogP contribution in [0.1, 0.15) is 59.8 Å². The summed E-state index contributed by atoms with van der Waals surface area (Å²) in [4.78, 5) is 0. The van der Waals surface area contributed by atoms with Gasteiger partial charge in [-0.25, -0.2) is 0 Å². The van der Waals surface area contributed by atoms with E-state index < -0.39 is 0 Å². The number of hydrogen-bond donors (Lipinski definition) is 1. The van der Waals surface area contributed by atoms with Crippen LogP contribution in [0.2, 0.25) is 0 Å². The lowest BCUT2D eigenvalue weighted by atomic mass is 10.00. The Kier molecular flexibility index (Phi) is 11.3. The quantitative estimate of drug-likeness (QED) is 0.547. The molecule has 0 spiro atoms. The summed E-state index contributed by atoms with van der Waals surface area (Å²) in [5.41, 5.74) is 0. The van der Waals surface area contributed by atoms with Gasteiger partial charge >= 0.3 is 0 Å². The molecular formula is C14H31NO. The molecule has 1 atom stereocenters. The van der Waals surface area contributed by atoms with Gasteiger partial charge in [0.25, 0.3) is 0 Å². The van der Waals surface area contributed by atoms with Gasteiger partial charge in [0.2, 0.25) is 0 Å². The summed E-state index contributed by atoms with van der Waals surface area (Å²) in [6, 6.07) is 0.685. The average molecular weight is 229 g/mol. The van der Waals surface area contributed by atoms with Crippen LogP contribution in [0.15, 0.2) is 0 Å². The molecule has 98 valence electrons. The summed E-state index contributed by atoms with van der Waals surface area (Å²) >= 11 is 0. The maximum atomic E-state index is 5.51. The highest BCUT2D eigenvalue weighted by molar-refractivity contribution is 4.68. The molecule has 0 fully saturated rings. The fourth-order valence-electron chi connectivity index (χ4n) is 1.90. The second kappa shape index (κ2) is 11.4. The number of hydrogen-bond acceptors (Lipinski definition) is 2. The monoisotopic (exact) mass is 229 g/mol. The van der Waals surface area contributed by atoms with Gasteiger partial charge in [0.1, 0.15) is 0 Å². The van der Waals surface area contributed by atoms with Crippen LogP contribution in [0.25, 0.3) is 0 Å². The first-order valence-electron chi connectivity index (χ1n) is 7.01. The Morgan fingerprint density at radius 3 is 2.38 bits per heavy atom. The minimum absolute atomic E-state index is 0.685. The number of ether oxygens (including phenoxy) is 1. The first-order valence-corrected chi connectivity index (χ1v) is 7.01. The highest BCUT2D eigenvalue weighted by atomic mass is 16.5. The van der Waals surface area contributed by atoms with E-state index in [1.54, 1.807) is 0 Å². The minimum atomic E-state index is 0.685. The molecule has 0 saturated carbocycles. The highest BCUT2D eigenvalue weighted by Crippen LogP contribution is 2.10. The van der Waals surface area contributed by atoms with Gasteiger partial charge in [-0.2, -0.15) is 0 Å². The SMILES string of the molecule is CCCNC(CCCOCCC)CC(C)C. The Bertz CT molecular complexity index is 137. The fraction of sp³-hybridized carbons (Fsp3) is 1.00. The van der Waals surface area contributed by atoms with E-state index in [4.69, 9.17) is 4.74 Å². The molecular weight excluding hydrogens is 198 g/mol. The third-order valence-corrected chi connectivity index (χ3v) is 2.63. The average Bonchev–Trinajstić information content (AvgIpc) is 2.24. The molecule has 2 heteroatoms. The zero-order chi connectivity index (χ0) is 12.2. The van der Waals surface area contributed by atoms with E-state index in [0.717, 1.165) is 32.1 Å². The Morgan fingerprint density at radius 1 is 1.06 bits per heavy atom. The summed E-state index contributed by atoms with van der Waals surface area (Å²) in [7, 11) is 0. The zero-order valence-electron chi connectivity index (χ0n) is 11.7. The van der Waals surface area contributed by atoms with Gasteiger partial charge < -0.3 is 10.1 Å². The van der Waals surface area contributed by atoms with Crippen molar-refractivity contribution in [2.45, 2.75) is 65.8 Å². The second-order valence-corrected chi connectivity index (χ2v) is 5.04. The van der Waals surface area contributed by atoms with Gasteiger partial charge in [-0.05, 0) is 44.6 Å². The molecule has 16 heavy (non-hydrogen) atoms. The van der Waals surface area contributed by atoms with Crippen molar-refractivity contribution in [1.82, 2.24) is 5.32 Å². The van der Waals surface area contributed by atoms with E-state index >= 15 is 0 Å². The van der Waals surface area contributed by atoms with E-state index in [-0.39, 0.29) is 0 Å². The van der Waals surface area contributed by atoms with Gasteiger partial charge in [0.05, 0.1) is 0 Å². The smallest absolute Gasteiger partial charge is 0.0466 e. The Labute approximate surface area is 102 Å². The van der Waals surface area contributed by atoms with Crippen LogP contribution in [0.4, 0.5) is 0 Å². The first kappa shape index (κ1) is 15.9. The molecule has 0 bridgehead atoms. The lowest BCUT2D eigenvalue weighted by molar-refractivity contribution is 0.128. The predicted molar refractivity (Wildman–Crippen MR) is 71.9 cm³/mol. The minimum Gasteiger partial charge on any atom is -0.381 e. The Hall–Kier alpha value is -0.0800. The highest BCUT2D eigenvalue weighted by Gasteiger charge is 2.09. The third kappa shape index (κ3) is 10.4. The molecule has 1 N–H and O–H groups in total. The van der Waals surface area contributed by atoms with Crippen molar-refractivity contribution in [3.8, 4) is 0 Å². The van der Waals surface area contributed by atoms with Crippen molar-refractivity contribution in [2.24, 2.45) is 5.92 Å². The summed E-state index contributed by atoms with van der Waals surface area (Å²) in [6.07, 6.45) is 6.08. The van der Waals surface area contributed by atoms with Crippen LogP contribution in [0, 0.1) is 5.92 Å². The Balaban J connectivity index is 3.56. The topological polar surface area (TPSA) is 21.3 Å². The summed E-state index contributed by atoms with van der Waals surface area (Å²) in [5, 5.41) is 3.64. The summed E-state index contributed by atoms with van der Waals surface area (Å²) < 4.78 is 5.51. The largest absolute Gasteiger partial charge is 0.381 e. The van der Waals surface area contributed by atoms with E-state index in [2.05, 4.69) is 33.0 Å². The van der Waals surface area contributed by atoms with Crippen LogP contribution >= 0.6 is 0 Å². The van der Waals surface area contributed by atoms with Crippen LogP contribution < -0.4 is 5.32 Å². The van der Waals surface area contributed by atoms with Crippen molar-refractivity contribution >= 4 is 0 Å². The van der Waals surface area contributed by atoms with E-state index in [0.29, 0.717) is 6.04 Å². The molecule has 0 aromatic carbocycles. The van der Waals surface area contributed by atoms with Crippen molar-refractivity contribution in [2.75, 3.05) is 19.8 Å². The fourth-order valence-corrected chi connectivity index (χ4v) is 1.90. The van der Waals surface area contributed by atoms with Crippen molar-refractivity contribution in [3.05, 3.63) is 0 Å². The molecule has 1 unspecified atom stereocenters. The Morgan fingerprint density at radius 2 is 1.81 bits per heavy atom. The maximum Gasteiger partial charge on any atom is 0.0466 e. The van der Waals surface area contributed by atoms with E-state index in [1.807, 2.05) is 0 Å². The van der Waals surface area contributed by atoms with Crippen molar-refractivity contribution < 1.29 is 4.74 Å². The first-order chi connectivity index (χ1) is 7.70. The van der Waals surface area contributed by atoms with Crippen LogP contribution in [-0.2, 0) is 4.74 Å². The standard InChI is InChI=1S/C14H31NO/c1-5-9-15-14(12-13(3)4)8-7-11-16-10-6-2/h13-15H,5-12H2,1-4H3. The maximum absolute atomic E-state index is 5.51. The normalized spacial score (nSPS) is 13.3. The molecule has 0 aliphatic rings. The molecule has 0 aliphatic carbocycles. The molecule has 0 rings (SSSR count). The molecule has 0 aliphatic heterocycles. The van der Waals surface area contributed by atoms with Crippen LogP contribution in [-0.4, -0.2) is 25.8 Å². The van der Waals surface area contributed by atoms with Crippen LogP contribution in [0.5, 0.6) is 0 Å². The van der Waals surface area contributed by atoms with Gasteiger partial charge in [-0.1, -0.05) is 27.7 Å². The van der Waals surface area contributed by atoms with Gasteiger partial charge in [0, 0.05) is 19.3 Å². The lowest BCUT2D eigenvalue weighted by Gasteiger charge is -2.20. The van der Waals surface area contributed by atoms with Gasteiger partial charge in [0.15, 0.2) is 0 Å². The van der Waals surface area contributed by atoms with Gasteiger partial charge in [-0.15, -0.1) is 0 Å². The van der Waals surface area contributed by atoms with Crippen molar-refractivity contribution in [3.63, 3.8) is 0 Å². The number of rotatable bonds is 11. The van der Waals surface area contributed by atoms with Gasteiger partial charge in [-0.3, -0.25) is 0 Å². The van der Waals surface area contributed by atoms with E-state index in [1.165, 1.54) is 25.7 Å². The molecule has 0 aromatic rings. The van der Waals surface area contributed by atoms with Crippen LogP contribution in [0.3, 0.4) is 0 Å². The molecule has 0 aromatic heterocycles.